The number of nitrogens with one attached hydrogen (secondary N) is 1. The van der Waals surface area contributed by atoms with Gasteiger partial charge in [0.05, 0.1) is 0 Å². The molecular formula is C6H7NO3S. The minimum atomic E-state index is -4.02. The van der Waals surface area contributed by atoms with E-state index in [0.717, 1.165) is 5.70 Å². The van der Waals surface area contributed by atoms with Crippen molar-refractivity contribution in [2.24, 2.45) is 0 Å². The van der Waals surface area contributed by atoms with Crippen LogP contribution in [-0.2, 0) is 10.1 Å². The molecule has 0 spiro atoms. The molecule has 0 saturated carbocycles. The van der Waals surface area contributed by atoms with Crippen LogP contribution in [0.1, 0.15) is 6.42 Å². The van der Waals surface area contributed by atoms with Crippen molar-refractivity contribution in [1.29, 1.82) is 0 Å². The van der Waals surface area contributed by atoms with E-state index in [-0.39, 0.29) is 0 Å². The largest absolute Gasteiger partial charge is 0.361 e. The first-order valence-corrected chi connectivity index (χ1v) is 4.62. The third-order valence-corrected chi connectivity index (χ3v) is 3.30. The quantitative estimate of drug-likeness (QED) is 0.548. The van der Waals surface area contributed by atoms with Crippen LogP contribution in [0, 0.1) is 0 Å². The van der Waals surface area contributed by atoms with E-state index in [2.05, 4.69) is 5.32 Å². The number of hydrogen-bond donors (Lipinski definition) is 2. The molecule has 4 nitrogen and oxygen atoms in total. The van der Waals surface area contributed by atoms with Crippen molar-refractivity contribution in [2.75, 3.05) is 0 Å². The maximum absolute atomic E-state index is 10.8. The summed E-state index contributed by atoms with van der Waals surface area (Å²) >= 11 is 0. The van der Waals surface area contributed by atoms with Gasteiger partial charge in [0.1, 0.15) is 0 Å². The molecule has 0 radical (unpaired) electrons. The lowest BCUT2D eigenvalue weighted by Crippen LogP contribution is -2.43. The predicted octanol–water partition coefficient (Wildman–Crippen LogP) is 0.0175. The number of hydrogen-bond acceptors (Lipinski definition) is 3. The molecule has 2 rings (SSSR count). The summed E-state index contributed by atoms with van der Waals surface area (Å²) in [6, 6.07) is 0. The lowest BCUT2D eigenvalue weighted by molar-refractivity contribution is 0.441. The van der Waals surface area contributed by atoms with E-state index < -0.39 is 15.0 Å². The molecule has 0 aliphatic carbocycles. The van der Waals surface area contributed by atoms with Crippen LogP contribution in [0.25, 0.3) is 0 Å². The molecule has 1 atom stereocenters. The van der Waals surface area contributed by atoms with Crippen molar-refractivity contribution in [2.45, 2.75) is 11.3 Å². The van der Waals surface area contributed by atoms with Crippen molar-refractivity contribution >= 4 is 10.1 Å². The van der Waals surface area contributed by atoms with Crippen LogP contribution < -0.4 is 5.32 Å². The molecule has 0 aromatic heterocycles. The number of fused-ring (bicyclic) bond motifs is 2. The molecule has 2 aliphatic heterocycles. The Kier molecular flexibility index (Phi) is 1.05. The third kappa shape index (κ3) is 0.749. The van der Waals surface area contributed by atoms with E-state index in [1.165, 1.54) is 6.08 Å². The molecule has 1 unspecified atom stereocenters. The first kappa shape index (κ1) is 6.87. The van der Waals surface area contributed by atoms with Crippen LogP contribution in [0.4, 0.5) is 0 Å². The van der Waals surface area contributed by atoms with Gasteiger partial charge in [-0.15, -0.1) is 0 Å². The van der Waals surface area contributed by atoms with E-state index in [1.807, 2.05) is 0 Å². The smallest absolute Gasteiger partial charge is 0.293 e. The van der Waals surface area contributed by atoms with Gasteiger partial charge in [-0.2, -0.15) is 8.42 Å². The van der Waals surface area contributed by atoms with Gasteiger partial charge in [0.25, 0.3) is 10.1 Å². The Morgan fingerprint density at radius 3 is 2.55 bits per heavy atom. The summed E-state index contributed by atoms with van der Waals surface area (Å²) in [5.74, 6) is 0. The fourth-order valence-electron chi connectivity index (χ4n) is 1.31. The molecule has 5 heteroatoms. The summed E-state index contributed by atoms with van der Waals surface area (Å²) in [7, 11) is -4.02. The molecule has 60 valence electrons. The minimum Gasteiger partial charge on any atom is -0.361 e. The predicted molar refractivity (Wildman–Crippen MR) is 39.3 cm³/mol. The number of rotatable bonds is 1. The van der Waals surface area contributed by atoms with Crippen molar-refractivity contribution in [3.63, 3.8) is 0 Å². The SMILES string of the molecule is O=S(=O)(O)C12C=CC(=CC1)N2. The normalized spacial score (nSPS) is 33.7. The zero-order chi connectivity index (χ0) is 8.11. The Balaban J connectivity index is 2.51. The fraction of sp³-hybridized carbons (Fsp3) is 0.333. The fourth-order valence-corrected chi connectivity index (χ4v) is 2.09. The Morgan fingerprint density at radius 1 is 1.64 bits per heavy atom. The Labute approximate surface area is 64.4 Å². The summed E-state index contributed by atoms with van der Waals surface area (Å²) < 4.78 is 30.5. The van der Waals surface area contributed by atoms with Crippen LogP contribution in [0.3, 0.4) is 0 Å². The molecule has 2 bridgehead atoms. The van der Waals surface area contributed by atoms with Crippen LogP contribution in [0.15, 0.2) is 23.9 Å². The topological polar surface area (TPSA) is 66.4 Å². The van der Waals surface area contributed by atoms with E-state index in [4.69, 9.17) is 4.55 Å². The standard InChI is InChI=1S/C6H7NO3S/c8-11(9,10)6-3-1-5(7-6)2-4-6/h1-3,7H,4H2,(H,8,9,10). The molecule has 11 heavy (non-hydrogen) atoms. The van der Waals surface area contributed by atoms with Gasteiger partial charge in [0, 0.05) is 12.1 Å². The van der Waals surface area contributed by atoms with Gasteiger partial charge in [-0.1, -0.05) is 6.08 Å². The Hall–Kier alpha value is -0.810. The van der Waals surface area contributed by atoms with Gasteiger partial charge in [0.15, 0.2) is 4.87 Å². The van der Waals surface area contributed by atoms with E-state index in [9.17, 15) is 8.42 Å². The van der Waals surface area contributed by atoms with Gasteiger partial charge in [0.2, 0.25) is 0 Å². The van der Waals surface area contributed by atoms with Gasteiger partial charge < -0.3 is 5.32 Å². The van der Waals surface area contributed by atoms with Crippen molar-refractivity contribution in [3.8, 4) is 0 Å². The molecule has 0 fully saturated rings. The molecule has 0 amide bonds. The molecule has 0 saturated heterocycles. The maximum atomic E-state index is 10.8. The molecule has 2 N–H and O–H groups in total. The first-order valence-electron chi connectivity index (χ1n) is 3.18. The Morgan fingerprint density at radius 2 is 2.36 bits per heavy atom. The maximum Gasteiger partial charge on any atom is 0.293 e. The van der Waals surface area contributed by atoms with Gasteiger partial charge in [-0.25, -0.2) is 0 Å². The van der Waals surface area contributed by atoms with E-state index in [1.54, 1.807) is 12.2 Å². The van der Waals surface area contributed by atoms with Crippen molar-refractivity contribution in [3.05, 3.63) is 23.9 Å². The lowest BCUT2D eigenvalue weighted by Gasteiger charge is -2.19. The highest BCUT2D eigenvalue weighted by molar-refractivity contribution is 7.87. The monoisotopic (exact) mass is 173 g/mol. The van der Waals surface area contributed by atoms with E-state index in [0.29, 0.717) is 6.42 Å². The summed E-state index contributed by atoms with van der Waals surface area (Å²) in [6.07, 6.45) is 5.18. The zero-order valence-corrected chi connectivity index (χ0v) is 6.43. The van der Waals surface area contributed by atoms with Crippen LogP contribution in [0.5, 0.6) is 0 Å². The lowest BCUT2D eigenvalue weighted by atomic mass is 10.2. The second-order valence-corrected chi connectivity index (χ2v) is 4.37. The molecule has 2 heterocycles. The highest BCUT2D eigenvalue weighted by Crippen LogP contribution is 2.33. The summed E-state index contributed by atoms with van der Waals surface area (Å²) in [5, 5.41) is 2.69. The van der Waals surface area contributed by atoms with Crippen molar-refractivity contribution in [1.82, 2.24) is 5.32 Å². The van der Waals surface area contributed by atoms with Crippen LogP contribution in [0.2, 0.25) is 0 Å². The average Bonchev–Trinajstić information content (AvgIpc) is 2.42. The third-order valence-electron chi connectivity index (χ3n) is 1.97. The highest BCUT2D eigenvalue weighted by atomic mass is 32.2. The van der Waals surface area contributed by atoms with Gasteiger partial charge in [-0.3, -0.25) is 4.55 Å². The van der Waals surface area contributed by atoms with Crippen molar-refractivity contribution < 1.29 is 13.0 Å². The Bertz CT molecular complexity index is 354. The average molecular weight is 173 g/mol. The van der Waals surface area contributed by atoms with Gasteiger partial charge in [-0.05, 0) is 12.2 Å². The summed E-state index contributed by atoms with van der Waals surface area (Å²) in [5.41, 5.74) is 0.766. The zero-order valence-electron chi connectivity index (χ0n) is 5.61. The highest BCUT2D eigenvalue weighted by Gasteiger charge is 2.46. The molecule has 0 aromatic rings. The summed E-state index contributed by atoms with van der Waals surface area (Å²) in [6.45, 7) is 0. The molecule has 2 aliphatic rings. The van der Waals surface area contributed by atoms with Crippen LogP contribution >= 0.6 is 0 Å². The first-order chi connectivity index (χ1) is 5.04. The van der Waals surface area contributed by atoms with Crippen LogP contribution in [-0.4, -0.2) is 17.8 Å². The summed E-state index contributed by atoms with van der Waals surface area (Å²) in [4.78, 5) is -1.25. The second kappa shape index (κ2) is 1.67. The molecule has 0 aromatic carbocycles. The van der Waals surface area contributed by atoms with Gasteiger partial charge >= 0.3 is 0 Å². The molecular weight excluding hydrogens is 166 g/mol. The number of allylic oxidation sites excluding steroid dienone is 1. The minimum absolute atomic E-state index is 0.317. The van der Waals surface area contributed by atoms with E-state index >= 15 is 0 Å². The second-order valence-electron chi connectivity index (χ2n) is 2.69.